The molecule has 3 atom stereocenters. The van der Waals surface area contributed by atoms with Crippen LogP contribution in [-0.2, 0) is 0 Å². The molecular weight excluding hydrogens is 261 g/mol. The van der Waals surface area contributed by atoms with Crippen molar-refractivity contribution in [2.24, 2.45) is 11.3 Å². The average molecular weight is 293 g/mol. The van der Waals surface area contributed by atoms with Crippen molar-refractivity contribution in [3.8, 4) is 0 Å². The summed E-state index contributed by atoms with van der Waals surface area (Å²) in [6, 6.07) is 1.28. The number of fused-ring (bicyclic) bond motifs is 1. The number of thiocarbonyl (C=S) groups is 1. The van der Waals surface area contributed by atoms with Crippen LogP contribution in [-0.4, -0.2) is 29.8 Å². The summed E-state index contributed by atoms with van der Waals surface area (Å²) in [5.41, 5.74) is 0.524. The Balaban J connectivity index is 2.18. The highest BCUT2D eigenvalue weighted by Crippen LogP contribution is 2.42. The van der Waals surface area contributed by atoms with Crippen molar-refractivity contribution in [1.29, 1.82) is 0 Å². The largest absolute Gasteiger partial charge is 0.360 e. The highest BCUT2D eigenvalue weighted by atomic mass is 32.1. The maximum Gasteiger partial charge on any atom is 0.105 e. The van der Waals surface area contributed by atoms with Gasteiger partial charge in [0.1, 0.15) is 7.85 Å². The van der Waals surface area contributed by atoms with Gasteiger partial charge in [0, 0.05) is 12.1 Å². The molecule has 0 aromatic heterocycles. The van der Waals surface area contributed by atoms with Crippen LogP contribution in [0.2, 0.25) is 5.82 Å². The van der Waals surface area contributed by atoms with Crippen molar-refractivity contribution in [1.82, 2.24) is 4.90 Å². The summed E-state index contributed by atoms with van der Waals surface area (Å²) in [5, 5.41) is 0. The fourth-order valence-corrected chi connectivity index (χ4v) is 5.26. The van der Waals surface area contributed by atoms with Crippen molar-refractivity contribution in [2.45, 2.75) is 90.5 Å². The Morgan fingerprint density at radius 1 is 1.30 bits per heavy atom. The van der Waals surface area contributed by atoms with Crippen molar-refractivity contribution >= 4 is 25.1 Å². The second-order valence-corrected chi connectivity index (χ2v) is 8.83. The van der Waals surface area contributed by atoms with Gasteiger partial charge in [0.25, 0.3) is 0 Å². The summed E-state index contributed by atoms with van der Waals surface area (Å²) in [5.74, 6) is 1.73. The van der Waals surface area contributed by atoms with Crippen molar-refractivity contribution in [3.63, 3.8) is 0 Å². The van der Waals surface area contributed by atoms with Gasteiger partial charge in [-0.15, -0.1) is 0 Å². The summed E-state index contributed by atoms with van der Waals surface area (Å²) >= 11 is 5.68. The molecule has 0 amide bonds. The Hall–Kier alpha value is -0.0451. The van der Waals surface area contributed by atoms with E-state index in [-0.39, 0.29) is 0 Å². The maximum absolute atomic E-state index is 5.68. The topological polar surface area (TPSA) is 3.24 Å². The van der Waals surface area contributed by atoms with E-state index in [9.17, 15) is 0 Å². The maximum atomic E-state index is 5.68. The Morgan fingerprint density at radius 2 is 2.00 bits per heavy atom. The number of hydrogen-bond acceptors (Lipinski definition) is 1. The minimum atomic E-state index is 0.524. The van der Waals surface area contributed by atoms with Crippen LogP contribution in [0.15, 0.2) is 0 Å². The Kier molecular flexibility index (Phi) is 5.21. The van der Waals surface area contributed by atoms with Crippen LogP contribution in [0.5, 0.6) is 0 Å². The predicted molar refractivity (Wildman–Crippen MR) is 95.2 cm³/mol. The monoisotopic (exact) mass is 293 g/mol. The minimum Gasteiger partial charge on any atom is -0.360 e. The molecule has 1 aliphatic carbocycles. The van der Waals surface area contributed by atoms with Gasteiger partial charge in [0.05, 0.1) is 4.99 Å². The summed E-state index contributed by atoms with van der Waals surface area (Å²) in [4.78, 5) is 3.82. The molecule has 0 radical (unpaired) electrons. The van der Waals surface area contributed by atoms with Crippen molar-refractivity contribution in [2.75, 3.05) is 0 Å². The van der Waals surface area contributed by atoms with Gasteiger partial charge in [-0.3, -0.25) is 0 Å². The number of nitrogens with zero attached hydrogens (tertiary/aromatic N) is 1. The zero-order valence-electron chi connectivity index (χ0n) is 14.1. The smallest absolute Gasteiger partial charge is 0.105 e. The third-order valence-corrected chi connectivity index (χ3v) is 5.85. The van der Waals surface area contributed by atoms with Crippen LogP contribution in [0.4, 0.5) is 0 Å². The van der Waals surface area contributed by atoms with E-state index in [0.29, 0.717) is 17.5 Å². The average Bonchev–Trinajstić information content (AvgIpc) is 2.35. The number of rotatable bonds is 1. The third-order valence-electron chi connectivity index (χ3n) is 5.43. The van der Waals surface area contributed by atoms with Gasteiger partial charge in [-0.1, -0.05) is 51.1 Å². The number of likely N-dealkylation sites (tertiary alicyclic amines) is 1. The van der Waals surface area contributed by atoms with Crippen LogP contribution in [0.1, 0.15) is 72.6 Å². The SMILES string of the molecule is BC1CC2CCC(=S)N(C(C)C)C2CCCC(C)(C)C1. The quantitative estimate of drug-likeness (QED) is 0.526. The highest BCUT2D eigenvalue weighted by molar-refractivity contribution is 7.80. The highest BCUT2D eigenvalue weighted by Gasteiger charge is 2.37. The molecule has 0 spiro atoms. The Bertz CT molecular complexity index is 353. The van der Waals surface area contributed by atoms with Gasteiger partial charge in [-0.05, 0) is 50.9 Å². The van der Waals surface area contributed by atoms with Crippen LogP contribution < -0.4 is 0 Å². The zero-order valence-corrected chi connectivity index (χ0v) is 14.9. The molecule has 1 nitrogen and oxygen atoms in total. The molecule has 2 rings (SSSR count). The molecule has 114 valence electrons. The van der Waals surface area contributed by atoms with E-state index in [0.717, 1.165) is 18.2 Å². The van der Waals surface area contributed by atoms with Gasteiger partial charge in [-0.25, -0.2) is 0 Å². The first-order valence-corrected chi connectivity index (χ1v) is 9.02. The fourth-order valence-electron chi connectivity index (χ4n) is 4.80. The van der Waals surface area contributed by atoms with Gasteiger partial charge in [0.2, 0.25) is 0 Å². The molecule has 0 bridgehead atoms. The predicted octanol–water partition coefficient (Wildman–Crippen LogP) is 4.21. The van der Waals surface area contributed by atoms with Gasteiger partial charge in [0.15, 0.2) is 0 Å². The lowest BCUT2D eigenvalue weighted by molar-refractivity contribution is 0.144. The first-order valence-electron chi connectivity index (χ1n) is 8.61. The van der Waals surface area contributed by atoms with E-state index in [2.05, 4.69) is 40.4 Å². The minimum absolute atomic E-state index is 0.524. The molecule has 1 saturated carbocycles. The van der Waals surface area contributed by atoms with E-state index in [1.807, 2.05) is 0 Å². The molecule has 3 heteroatoms. The third kappa shape index (κ3) is 3.78. The lowest BCUT2D eigenvalue weighted by atomic mass is 9.68. The molecule has 1 heterocycles. The fraction of sp³-hybridized carbons (Fsp3) is 0.941. The summed E-state index contributed by atoms with van der Waals surface area (Å²) in [6.45, 7) is 9.55. The zero-order chi connectivity index (χ0) is 14.9. The summed E-state index contributed by atoms with van der Waals surface area (Å²) in [6.07, 6.45) is 9.36. The molecule has 3 unspecified atom stereocenters. The van der Waals surface area contributed by atoms with E-state index in [4.69, 9.17) is 12.2 Å². The first-order chi connectivity index (χ1) is 9.30. The Morgan fingerprint density at radius 3 is 2.65 bits per heavy atom. The van der Waals surface area contributed by atoms with E-state index in [1.54, 1.807) is 0 Å². The molecule has 0 N–H and O–H groups in total. The molecule has 1 saturated heterocycles. The molecule has 0 aromatic rings. The summed E-state index contributed by atoms with van der Waals surface area (Å²) < 4.78 is 0. The first kappa shape index (κ1) is 16.3. The van der Waals surface area contributed by atoms with E-state index >= 15 is 0 Å². The van der Waals surface area contributed by atoms with Crippen LogP contribution in [0.3, 0.4) is 0 Å². The van der Waals surface area contributed by atoms with Crippen molar-refractivity contribution < 1.29 is 0 Å². The standard InChI is InChI=1S/C17H32BNS/c1-12(2)19-15-6-5-9-17(3,4)11-14(18)10-13(15)7-8-16(19)20/h12-15H,5-11,18H2,1-4H3. The number of piperidine rings is 1. The van der Waals surface area contributed by atoms with Gasteiger partial charge < -0.3 is 4.90 Å². The molecule has 20 heavy (non-hydrogen) atoms. The molecule has 2 aliphatic rings. The van der Waals surface area contributed by atoms with Crippen LogP contribution in [0, 0.1) is 11.3 Å². The summed E-state index contributed by atoms with van der Waals surface area (Å²) in [7, 11) is 2.47. The molecule has 1 aliphatic heterocycles. The van der Waals surface area contributed by atoms with Crippen LogP contribution in [0.25, 0.3) is 0 Å². The molecule has 2 fully saturated rings. The molecule has 0 aromatic carbocycles. The lowest BCUT2D eigenvalue weighted by Crippen LogP contribution is -2.51. The second kappa shape index (κ2) is 6.38. The normalized spacial score (nSPS) is 35.1. The Labute approximate surface area is 132 Å². The number of hydrogen-bond donors (Lipinski definition) is 0. The van der Waals surface area contributed by atoms with E-state index in [1.165, 1.54) is 43.5 Å². The van der Waals surface area contributed by atoms with Crippen molar-refractivity contribution in [3.05, 3.63) is 0 Å². The molecular formula is C17H32BNS. The second-order valence-electron chi connectivity index (χ2n) is 8.36. The lowest BCUT2D eigenvalue weighted by Gasteiger charge is -2.46. The van der Waals surface area contributed by atoms with Crippen LogP contribution >= 0.6 is 12.2 Å². The van der Waals surface area contributed by atoms with E-state index < -0.39 is 0 Å². The van der Waals surface area contributed by atoms with Gasteiger partial charge >= 0.3 is 0 Å². The van der Waals surface area contributed by atoms with Gasteiger partial charge in [-0.2, -0.15) is 0 Å².